The Kier molecular flexibility index (Phi) is 5.93. The maximum absolute atomic E-state index is 12.1. The van der Waals surface area contributed by atoms with Crippen molar-refractivity contribution in [2.45, 2.75) is 13.8 Å². The van der Waals surface area contributed by atoms with Crippen molar-refractivity contribution < 1.29 is 14.2 Å². The third-order valence-corrected chi connectivity index (χ3v) is 4.88. The van der Waals surface area contributed by atoms with Crippen molar-refractivity contribution in [3.63, 3.8) is 0 Å². The number of aryl methyl sites for hydroxylation is 3. The Morgan fingerprint density at radius 3 is 2.57 bits per heavy atom. The van der Waals surface area contributed by atoms with Gasteiger partial charge >= 0.3 is 6.09 Å². The maximum atomic E-state index is 12.1. The molecule has 0 aliphatic carbocycles. The highest BCUT2D eigenvalue weighted by Crippen LogP contribution is 2.39. The van der Waals surface area contributed by atoms with Gasteiger partial charge in [0.2, 0.25) is 0 Å². The summed E-state index contributed by atoms with van der Waals surface area (Å²) in [7, 11) is 1.69. The van der Waals surface area contributed by atoms with Crippen LogP contribution in [0.2, 0.25) is 15.2 Å². The number of hydrogen-bond acceptors (Lipinski definition) is 6. The van der Waals surface area contributed by atoms with Gasteiger partial charge in [-0.1, -0.05) is 51.2 Å². The van der Waals surface area contributed by atoms with Crippen LogP contribution in [-0.2, 0) is 11.9 Å². The number of benzene rings is 1. The Hall–Kier alpha value is -2.55. The first kappa shape index (κ1) is 20.2. The molecule has 3 aromatic rings. The van der Waals surface area contributed by atoms with Crippen molar-refractivity contribution in [3.8, 4) is 11.3 Å². The van der Waals surface area contributed by atoms with Crippen LogP contribution in [-0.4, -0.2) is 27.2 Å². The Labute approximate surface area is 175 Å². The molecular formula is C17H14Cl3N5O3. The number of carbonyl (C=O) groups excluding carboxylic acids is 1. The van der Waals surface area contributed by atoms with E-state index in [0.29, 0.717) is 37.8 Å². The first-order valence-electron chi connectivity index (χ1n) is 7.90. The largest absolute Gasteiger partial charge is 0.438 e. The van der Waals surface area contributed by atoms with E-state index in [-0.39, 0.29) is 11.4 Å². The monoisotopic (exact) mass is 441 g/mol. The molecule has 0 atom stereocenters. The van der Waals surface area contributed by atoms with E-state index in [0.717, 1.165) is 0 Å². The second-order valence-electron chi connectivity index (χ2n) is 5.71. The van der Waals surface area contributed by atoms with Crippen molar-refractivity contribution in [2.75, 3.05) is 5.32 Å². The Balaban J connectivity index is 1.78. The fraction of sp³-hybridized carbons (Fsp3) is 0.176. The van der Waals surface area contributed by atoms with Crippen molar-refractivity contribution >= 4 is 52.8 Å². The van der Waals surface area contributed by atoms with Crippen LogP contribution in [0.3, 0.4) is 0 Å². The molecule has 146 valence electrons. The number of nitrogens with zero attached hydrogens (tertiary/aromatic N) is 4. The number of aromatic nitrogens is 3. The van der Waals surface area contributed by atoms with Gasteiger partial charge in [-0.05, 0) is 26.0 Å². The minimum absolute atomic E-state index is 0.269. The standard InChI is InChI=1S/C17H14Cl3N5O3/c1-8-10(16(20)25(3)23-8)7-21-28-17(26)22-14-9(2)27-24-15(14)13-11(18)5-4-6-12(13)19/h4-7H,1-3H3,(H,22,26)/b21-7-. The van der Waals surface area contributed by atoms with Crippen LogP contribution in [0.1, 0.15) is 17.0 Å². The Bertz CT molecular complexity index is 1050. The molecule has 0 radical (unpaired) electrons. The van der Waals surface area contributed by atoms with Crippen LogP contribution in [0.25, 0.3) is 11.3 Å². The average molecular weight is 443 g/mol. The van der Waals surface area contributed by atoms with Crippen LogP contribution in [0.15, 0.2) is 27.9 Å². The number of rotatable bonds is 4. The molecule has 8 nitrogen and oxygen atoms in total. The summed E-state index contributed by atoms with van der Waals surface area (Å²) in [6, 6.07) is 5.00. The number of oxime groups is 1. The number of amides is 1. The number of hydrogen-bond donors (Lipinski definition) is 1. The van der Waals surface area contributed by atoms with Gasteiger partial charge in [-0.3, -0.25) is 14.8 Å². The maximum Gasteiger partial charge on any atom is 0.438 e. The van der Waals surface area contributed by atoms with Crippen molar-refractivity contribution in [1.29, 1.82) is 0 Å². The van der Waals surface area contributed by atoms with Crippen LogP contribution >= 0.6 is 34.8 Å². The zero-order valence-corrected chi connectivity index (χ0v) is 17.2. The lowest BCUT2D eigenvalue weighted by Gasteiger charge is -2.07. The minimum atomic E-state index is -0.857. The molecule has 0 saturated carbocycles. The number of anilines is 1. The smallest absolute Gasteiger partial charge is 0.359 e. The van der Waals surface area contributed by atoms with Crippen molar-refractivity contribution in [2.24, 2.45) is 12.2 Å². The second-order valence-corrected chi connectivity index (χ2v) is 6.88. The Morgan fingerprint density at radius 2 is 1.96 bits per heavy atom. The first-order chi connectivity index (χ1) is 13.3. The summed E-state index contributed by atoms with van der Waals surface area (Å²) in [5, 5.41) is 15.3. The van der Waals surface area contributed by atoms with Gasteiger partial charge in [-0.2, -0.15) is 5.10 Å². The van der Waals surface area contributed by atoms with Crippen molar-refractivity contribution in [1.82, 2.24) is 14.9 Å². The molecule has 1 aromatic carbocycles. The lowest BCUT2D eigenvalue weighted by molar-refractivity contribution is 0.167. The van der Waals surface area contributed by atoms with Gasteiger partial charge in [-0.15, -0.1) is 0 Å². The molecule has 0 spiro atoms. The molecule has 3 rings (SSSR count). The molecule has 0 saturated heterocycles. The van der Waals surface area contributed by atoms with E-state index < -0.39 is 6.09 Å². The van der Waals surface area contributed by atoms with Gasteiger partial charge in [0.25, 0.3) is 0 Å². The Morgan fingerprint density at radius 1 is 1.29 bits per heavy atom. The van der Waals surface area contributed by atoms with Crippen LogP contribution in [0.5, 0.6) is 0 Å². The molecule has 0 fully saturated rings. The number of halogens is 3. The molecule has 28 heavy (non-hydrogen) atoms. The third-order valence-electron chi connectivity index (χ3n) is 3.80. The fourth-order valence-electron chi connectivity index (χ4n) is 2.46. The minimum Gasteiger partial charge on any atom is -0.359 e. The van der Waals surface area contributed by atoms with E-state index in [1.807, 2.05) is 0 Å². The third kappa shape index (κ3) is 3.99. The lowest BCUT2D eigenvalue weighted by Crippen LogP contribution is -2.12. The first-order valence-corrected chi connectivity index (χ1v) is 9.04. The molecule has 0 aliphatic rings. The van der Waals surface area contributed by atoms with E-state index in [1.165, 1.54) is 10.9 Å². The fourth-order valence-corrected chi connectivity index (χ4v) is 3.26. The van der Waals surface area contributed by atoms with Gasteiger partial charge in [0.15, 0.2) is 5.76 Å². The average Bonchev–Trinajstić information content (AvgIpc) is 3.09. The molecule has 0 bridgehead atoms. The molecule has 0 unspecified atom stereocenters. The SMILES string of the molecule is Cc1nn(C)c(Cl)c1/C=N\OC(=O)Nc1c(-c2c(Cl)cccc2Cl)noc1C. The summed E-state index contributed by atoms with van der Waals surface area (Å²) in [6.07, 6.45) is 0.445. The normalized spacial score (nSPS) is 11.2. The van der Waals surface area contributed by atoms with Crippen molar-refractivity contribution in [3.05, 3.63) is 50.4 Å². The summed E-state index contributed by atoms with van der Waals surface area (Å²) < 4.78 is 6.65. The molecule has 11 heteroatoms. The molecule has 2 aromatic heterocycles. The van der Waals surface area contributed by atoms with Crippen LogP contribution in [0.4, 0.5) is 10.5 Å². The number of nitrogens with one attached hydrogen (secondary N) is 1. The van der Waals surface area contributed by atoms with Gasteiger partial charge in [0.1, 0.15) is 16.5 Å². The second kappa shape index (κ2) is 8.22. The summed E-state index contributed by atoms with van der Waals surface area (Å²) in [5.74, 6) is 0.345. The zero-order valence-electron chi connectivity index (χ0n) is 15.0. The summed E-state index contributed by atoms with van der Waals surface area (Å²) in [6.45, 7) is 3.38. The van der Waals surface area contributed by atoms with Crippen LogP contribution < -0.4 is 5.32 Å². The molecule has 2 heterocycles. The summed E-state index contributed by atoms with van der Waals surface area (Å²) in [4.78, 5) is 17.0. The topological polar surface area (TPSA) is 94.5 Å². The van der Waals surface area contributed by atoms with Gasteiger partial charge in [0, 0.05) is 12.6 Å². The molecule has 0 aliphatic heterocycles. The van der Waals surface area contributed by atoms with E-state index in [1.54, 1.807) is 39.1 Å². The van der Waals surface area contributed by atoms with E-state index in [4.69, 9.17) is 44.2 Å². The van der Waals surface area contributed by atoms with E-state index in [9.17, 15) is 4.79 Å². The summed E-state index contributed by atoms with van der Waals surface area (Å²) in [5.41, 5.74) is 2.16. The zero-order chi connectivity index (χ0) is 20.4. The highest BCUT2D eigenvalue weighted by molar-refractivity contribution is 6.39. The van der Waals surface area contributed by atoms with Crippen LogP contribution in [0, 0.1) is 13.8 Å². The summed E-state index contributed by atoms with van der Waals surface area (Å²) >= 11 is 18.5. The molecule has 1 amide bonds. The number of carbonyl (C=O) groups is 1. The molecule has 1 N–H and O–H groups in total. The lowest BCUT2D eigenvalue weighted by atomic mass is 10.1. The quantitative estimate of drug-likeness (QED) is 0.339. The highest BCUT2D eigenvalue weighted by atomic mass is 35.5. The predicted molar refractivity (Wildman–Crippen MR) is 107 cm³/mol. The van der Waals surface area contributed by atoms with E-state index in [2.05, 4.69) is 20.7 Å². The van der Waals surface area contributed by atoms with E-state index >= 15 is 0 Å². The van der Waals surface area contributed by atoms with Gasteiger partial charge in [0.05, 0.1) is 27.5 Å². The van der Waals surface area contributed by atoms with Gasteiger partial charge < -0.3 is 4.52 Å². The highest BCUT2D eigenvalue weighted by Gasteiger charge is 2.22. The molecular weight excluding hydrogens is 429 g/mol. The predicted octanol–water partition coefficient (Wildman–Crippen LogP) is 5.23. The van der Waals surface area contributed by atoms with Gasteiger partial charge in [-0.25, -0.2) is 4.79 Å².